The van der Waals surface area contributed by atoms with E-state index in [2.05, 4.69) is 4.98 Å². The minimum absolute atomic E-state index is 0.128. The third-order valence-corrected chi connectivity index (χ3v) is 3.03. The zero-order valence-corrected chi connectivity index (χ0v) is 12.0. The Morgan fingerprint density at radius 1 is 1.25 bits per heavy atom. The lowest BCUT2D eigenvalue weighted by molar-refractivity contribution is 0.0982. The quantitative estimate of drug-likeness (QED) is 0.857. The van der Waals surface area contributed by atoms with Gasteiger partial charge in [-0.15, -0.1) is 0 Å². The minimum Gasteiger partial charge on any atom is -0.481 e. The van der Waals surface area contributed by atoms with Crippen molar-refractivity contribution in [2.45, 2.75) is 13.8 Å². The molecule has 0 N–H and O–H groups in total. The molecule has 1 aromatic carbocycles. The van der Waals surface area contributed by atoms with Crippen molar-refractivity contribution in [2.24, 2.45) is 0 Å². The summed E-state index contributed by atoms with van der Waals surface area (Å²) in [6.45, 7) is 4.53. The highest BCUT2D eigenvalue weighted by Gasteiger charge is 2.17. The first-order valence-corrected chi connectivity index (χ1v) is 6.55. The molecule has 0 aliphatic heterocycles. The zero-order valence-electron chi connectivity index (χ0n) is 12.0. The molecule has 0 fully saturated rings. The van der Waals surface area contributed by atoms with E-state index in [1.54, 1.807) is 23.1 Å². The second-order valence-electron chi connectivity index (χ2n) is 4.45. The molecule has 0 bridgehead atoms. The van der Waals surface area contributed by atoms with Gasteiger partial charge in [0.05, 0.1) is 7.11 Å². The van der Waals surface area contributed by atoms with E-state index in [-0.39, 0.29) is 5.91 Å². The lowest BCUT2D eigenvalue weighted by Gasteiger charge is -2.21. The molecule has 2 rings (SSSR count). The van der Waals surface area contributed by atoms with Crippen LogP contribution in [-0.4, -0.2) is 24.5 Å². The number of rotatable bonds is 4. The number of hydrogen-bond acceptors (Lipinski definition) is 3. The van der Waals surface area contributed by atoms with Gasteiger partial charge in [0.1, 0.15) is 5.69 Å². The number of carbonyl (C=O) groups excluding carboxylic acids is 1. The van der Waals surface area contributed by atoms with E-state index in [1.165, 1.54) is 7.11 Å². The van der Waals surface area contributed by atoms with Crippen molar-refractivity contribution in [1.82, 2.24) is 4.98 Å². The molecule has 104 valence electrons. The molecule has 20 heavy (non-hydrogen) atoms. The van der Waals surface area contributed by atoms with E-state index >= 15 is 0 Å². The van der Waals surface area contributed by atoms with Gasteiger partial charge in [0.25, 0.3) is 5.91 Å². The van der Waals surface area contributed by atoms with E-state index < -0.39 is 0 Å². The van der Waals surface area contributed by atoms with Crippen LogP contribution >= 0.6 is 0 Å². The molecule has 0 saturated heterocycles. The molecule has 0 aliphatic carbocycles. The van der Waals surface area contributed by atoms with E-state index in [1.807, 2.05) is 38.1 Å². The number of hydrogen-bond donors (Lipinski definition) is 0. The van der Waals surface area contributed by atoms with Crippen LogP contribution in [0.25, 0.3) is 0 Å². The van der Waals surface area contributed by atoms with Crippen LogP contribution in [0.5, 0.6) is 5.88 Å². The number of anilines is 1. The monoisotopic (exact) mass is 270 g/mol. The summed E-state index contributed by atoms with van der Waals surface area (Å²) in [5.41, 5.74) is 2.38. The van der Waals surface area contributed by atoms with Crippen molar-refractivity contribution < 1.29 is 9.53 Å². The topological polar surface area (TPSA) is 42.4 Å². The average Bonchev–Trinajstić information content (AvgIpc) is 2.48. The van der Waals surface area contributed by atoms with Crippen LogP contribution in [0.3, 0.4) is 0 Å². The Morgan fingerprint density at radius 3 is 2.65 bits per heavy atom. The largest absolute Gasteiger partial charge is 0.481 e. The van der Waals surface area contributed by atoms with Crippen molar-refractivity contribution in [1.29, 1.82) is 0 Å². The van der Waals surface area contributed by atoms with Crippen LogP contribution in [0.4, 0.5) is 5.69 Å². The maximum Gasteiger partial charge on any atom is 0.276 e. The number of aromatic nitrogens is 1. The Hall–Kier alpha value is -2.36. The van der Waals surface area contributed by atoms with Gasteiger partial charge in [-0.2, -0.15) is 0 Å². The molecule has 0 saturated carbocycles. The fraction of sp³-hybridized carbons (Fsp3) is 0.250. The second kappa shape index (κ2) is 6.19. The van der Waals surface area contributed by atoms with Crippen molar-refractivity contribution in [3.05, 3.63) is 53.7 Å². The number of carbonyl (C=O) groups is 1. The molecule has 4 nitrogen and oxygen atoms in total. The highest BCUT2D eigenvalue weighted by atomic mass is 16.5. The summed E-state index contributed by atoms with van der Waals surface area (Å²) in [5.74, 6) is 0.313. The molecule has 0 atom stereocenters. The minimum atomic E-state index is -0.128. The number of aryl methyl sites for hydroxylation is 1. The Kier molecular flexibility index (Phi) is 4.35. The molecule has 2 aromatic rings. The smallest absolute Gasteiger partial charge is 0.276 e. The molecule has 0 spiro atoms. The van der Waals surface area contributed by atoms with Gasteiger partial charge in [-0.05, 0) is 37.6 Å². The zero-order chi connectivity index (χ0) is 14.5. The lowest BCUT2D eigenvalue weighted by Crippen LogP contribution is -2.31. The number of amides is 1. The van der Waals surface area contributed by atoms with Crippen molar-refractivity contribution >= 4 is 11.6 Å². The summed E-state index contributed by atoms with van der Waals surface area (Å²) in [5, 5.41) is 0. The lowest BCUT2D eigenvalue weighted by atomic mass is 10.2. The summed E-state index contributed by atoms with van der Waals surface area (Å²) in [6, 6.07) is 13.0. The molecule has 1 heterocycles. The fourth-order valence-electron chi connectivity index (χ4n) is 2.03. The van der Waals surface area contributed by atoms with Gasteiger partial charge in [-0.1, -0.05) is 18.2 Å². The number of ether oxygens (including phenoxy) is 1. The SMILES string of the molecule is CCN(C(=O)c1cccc(OC)n1)c1cccc(C)c1. The summed E-state index contributed by atoms with van der Waals surface area (Å²) >= 11 is 0. The third kappa shape index (κ3) is 2.96. The van der Waals surface area contributed by atoms with Crippen molar-refractivity contribution in [2.75, 3.05) is 18.6 Å². The van der Waals surface area contributed by atoms with E-state index in [0.29, 0.717) is 18.1 Å². The van der Waals surface area contributed by atoms with E-state index in [4.69, 9.17) is 4.74 Å². The van der Waals surface area contributed by atoms with Gasteiger partial charge in [0.15, 0.2) is 0 Å². The van der Waals surface area contributed by atoms with Crippen LogP contribution in [0.2, 0.25) is 0 Å². The van der Waals surface area contributed by atoms with Gasteiger partial charge in [-0.3, -0.25) is 4.79 Å². The van der Waals surface area contributed by atoms with Gasteiger partial charge < -0.3 is 9.64 Å². The van der Waals surface area contributed by atoms with Crippen molar-refractivity contribution in [3.8, 4) is 5.88 Å². The maximum atomic E-state index is 12.6. The van der Waals surface area contributed by atoms with Crippen LogP contribution in [0, 0.1) is 6.92 Å². The summed E-state index contributed by atoms with van der Waals surface area (Å²) in [7, 11) is 1.54. The van der Waals surface area contributed by atoms with Gasteiger partial charge in [-0.25, -0.2) is 4.98 Å². The predicted molar refractivity (Wildman–Crippen MR) is 79.3 cm³/mol. The fourth-order valence-corrected chi connectivity index (χ4v) is 2.03. The first-order valence-electron chi connectivity index (χ1n) is 6.55. The first-order chi connectivity index (χ1) is 9.65. The Bertz CT molecular complexity index is 611. The van der Waals surface area contributed by atoms with Gasteiger partial charge in [0.2, 0.25) is 5.88 Å². The standard InChI is InChI=1S/C16H18N2O2/c1-4-18(13-8-5-7-12(2)11-13)16(19)14-9-6-10-15(17-14)20-3/h5-11H,4H2,1-3H3. The average molecular weight is 270 g/mol. The van der Waals surface area contributed by atoms with Gasteiger partial charge >= 0.3 is 0 Å². The number of nitrogens with zero attached hydrogens (tertiary/aromatic N) is 2. The number of benzene rings is 1. The van der Waals surface area contributed by atoms with Gasteiger partial charge in [0, 0.05) is 18.3 Å². The highest BCUT2D eigenvalue weighted by molar-refractivity contribution is 6.04. The normalized spacial score (nSPS) is 10.2. The molecule has 1 aromatic heterocycles. The molecular weight excluding hydrogens is 252 g/mol. The van der Waals surface area contributed by atoms with Crippen LogP contribution in [0.1, 0.15) is 23.0 Å². The first kappa shape index (κ1) is 14.1. The summed E-state index contributed by atoms with van der Waals surface area (Å²) in [6.07, 6.45) is 0. The molecule has 0 unspecified atom stereocenters. The predicted octanol–water partition coefficient (Wildman–Crippen LogP) is 3.07. The molecule has 0 aliphatic rings. The Balaban J connectivity index is 2.33. The second-order valence-corrected chi connectivity index (χ2v) is 4.45. The highest BCUT2D eigenvalue weighted by Crippen LogP contribution is 2.18. The van der Waals surface area contributed by atoms with Crippen LogP contribution < -0.4 is 9.64 Å². The van der Waals surface area contributed by atoms with Crippen LogP contribution in [-0.2, 0) is 0 Å². The van der Waals surface area contributed by atoms with E-state index in [9.17, 15) is 4.79 Å². The molecule has 1 amide bonds. The number of pyridine rings is 1. The Labute approximate surface area is 119 Å². The Morgan fingerprint density at radius 2 is 2.00 bits per heavy atom. The number of methoxy groups -OCH3 is 1. The third-order valence-electron chi connectivity index (χ3n) is 3.03. The van der Waals surface area contributed by atoms with Crippen LogP contribution in [0.15, 0.2) is 42.5 Å². The maximum absolute atomic E-state index is 12.6. The van der Waals surface area contributed by atoms with E-state index in [0.717, 1.165) is 11.3 Å². The molecule has 0 radical (unpaired) electrons. The molecular formula is C16H18N2O2. The van der Waals surface area contributed by atoms with Crippen molar-refractivity contribution in [3.63, 3.8) is 0 Å². The summed E-state index contributed by atoms with van der Waals surface area (Å²) in [4.78, 5) is 18.5. The molecule has 4 heteroatoms. The summed E-state index contributed by atoms with van der Waals surface area (Å²) < 4.78 is 5.06.